The van der Waals surface area contributed by atoms with Crippen LogP contribution >= 0.6 is 0 Å². The van der Waals surface area contributed by atoms with E-state index >= 15 is 0 Å². The molecule has 0 saturated carbocycles. The van der Waals surface area contributed by atoms with Crippen molar-refractivity contribution >= 4 is 22.8 Å². The molecule has 9 nitrogen and oxygen atoms in total. The first kappa shape index (κ1) is 28.9. The topological polar surface area (TPSA) is 119 Å². The Kier molecular flexibility index (Phi) is 9.21. The number of aromatic amines is 1. The quantitative estimate of drug-likeness (QED) is 0.223. The number of hydrogen-bond donors (Lipinski definition) is 3. The number of methoxy groups -OCH3 is 2. The van der Waals surface area contributed by atoms with Gasteiger partial charge < -0.3 is 34.4 Å². The highest BCUT2D eigenvalue weighted by atomic mass is 16.7. The van der Waals surface area contributed by atoms with E-state index in [1.165, 1.54) is 7.11 Å². The fraction of sp³-hybridized carbons (Fsp3) is 0.273. The van der Waals surface area contributed by atoms with Crippen molar-refractivity contribution in [2.75, 3.05) is 20.8 Å². The summed E-state index contributed by atoms with van der Waals surface area (Å²) in [6, 6.07) is 20.4. The molecule has 9 heteroatoms. The number of H-pyrrole nitrogens is 1. The average Bonchev–Trinajstić information content (AvgIpc) is 3.45. The predicted octanol–water partition coefficient (Wildman–Crippen LogP) is 4.75. The summed E-state index contributed by atoms with van der Waals surface area (Å²) in [6.45, 7) is 0.662. The van der Waals surface area contributed by atoms with E-state index in [1.54, 1.807) is 25.3 Å². The van der Waals surface area contributed by atoms with Crippen molar-refractivity contribution in [1.29, 1.82) is 0 Å². The molecule has 1 amide bonds. The molecule has 2 atom stereocenters. The third-order valence-electron chi connectivity index (χ3n) is 7.34. The first-order valence-electron chi connectivity index (χ1n) is 13.8. The minimum Gasteiger partial charge on any atom is -0.497 e. The summed E-state index contributed by atoms with van der Waals surface area (Å²) < 4.78 is 22.3. The van der Waals surface area contributed by atoms with Crippen molar-refractivity contribution < 1.29 is 33.6 Å². The van der Waals surface area contributed by atoms with Gasteiger partial charge in [0.15, 0.2) is 5.76 Å². The minimum atomic E-state index is -0.667. The molecule has 1 aliphatic rings. The third kappa shape index (κ3) is 6.82. The van der Waals surface area contributed by atoms with Crippen LogP contribution in [0, 0.1) is 0 Å². The Hall–Kier alpha value is -4.60. The number of fused-ring (bicyclic) bond motifs is 1. The number of carbonyl (C=O) groups is 2. The summed E-state index contributed by atoms with van der Waals surface area (Å²) in [7, 11) is 2.98. The molecule has 0 unspecified atom stereocenters. The molecule has 3 aromatic carbocycles. The molecule has 0 saturated heterocycles. The summed E-state index contributed by atoms with van der Waals surface area (Å²) in [5.41, 5.74) is 5.18. The van der Waals surface area contributed by atoms with Crippen LogP contribution in [0.4, 0.5) is 0 Å². The zero-order chi connectivity index (χ0) is 29.5. The van der Waals surface area contributed by atoms with Crippen LogP contribution in [0.5, 0.6) is 5.75 Å². The first-order chi connectivity index (χ1) is 20.5. The number of aliphatic hydroxyl groups excluding tert-OH is 1. The fourth-order valence-corrected chi connectivity index (χ4v) is 4.95. The van der Waals surface area contributed by atoms with Crippen molar-refractivity contribution in [1.82, 2.24) is 10.3 Å². The van der Waals surface area contributed by atoms with Crippen LogP contribution < -0.4 is 10.1 Å². The molecule has 0 aliphatic carbocycles. The summed E-state index contributed by atoms with van der Waals surface area (Å²) in [4.78, 5) is 28.4. The average molecular weight is 571 g/mol. The second-order valence-corrected chi connectivity index (χ2v) is 10.1. The van der Waals surface area contributed by atoms with E-state index in [-0.39, 0.29) is 30.8 Å². The highest BCUT2D eigenvalue weighted by molar-refractivity contribution is 5.92. The van der Waals surface area contributed by atoms with E-state index in [4.69, 9.17) is 18.9 Å². The van der Waals surface area contributed by atoms with Crippen LogP contribution in [-0.2, 0) is 38.6 Å². The minimum absolute atomic E-state index is 0.0267. The highest BCUT2D eigenvalue weighted by Crippen LogP contribution is 2.32. The standard InChI is InChI=1S/C33H34N2O7/c1-39-27-11-12-29-28(17-27)25(18-35-29)13-14-34-32(37)30-15-26(23-7-9-24(10-8-23)33(38)40-2)16-31(42-30)41-20-22-5-3-21(19-36)4-6-22/h3-12,15,17-18,26,31,35-36H,13-14,16,19-20H2,1-2H3,(H,34,37)/t26-,31+/m0/s1. The molecule has 1 aliphatic heterocycles. The van der Waals surface area contributed by atoms with E-state index in [9.17, 15) is 14.7 Å². The summed E-state index contributed by atoms with van der Waals surface area (Å²) in [6.07, 6.45) is 4.18. The van der Waals surface area contributed by atoms with Crippen molar-refractivity contribution in [3.63, 3.8) is 0 Å². The summed E-state index contributed by atoms with van der Waals surface area (Å²) >= 11 is 0. The number of aromatic nitrogens is 1. The maximum absolute atomic E-state index is 13.3. The summed E-state index contributed by atoms with van der Waals surface area (Å²) in [5, 5.41) is 13.3. The fourth-order valence-electron chi connectivity index (χ4n) is 4.95. The van der Waals surface area contributed by atoms with Gasteiger partial charge in [0.25, 0.3) is 5.91 Å². The zero-order valence-corrected chi connectivity index (χ0v) is 23.6. The Bertz CT molecular complexity index is 1560. The molecule has 42 heavy (non-hydrogen) atoms. The van der Waals surface area contributed by atoms with Gasteiger partial charge in [0.1, 0.15) is 5.75 Å². The maximum atomic E-state index is 13.3. The number of allylic oxidation sites excluding steroid dienone is 1. The van der Waals surface area contributed by atoms with Crippen molar-refractivity contribution in [2.24, 2.45) is 0 Å². The highest BCUT2D eigenvalue weighted by Gasteiger charge is 2.29. The van der Waals surface area contributed by atoms with Gasteiger partial charge in [-0.05, 0) is 65.1 Å². The van der Waals surface area contributed by atoms with Gasteiger partial charge in [-0.1, -0.05) is 36.4 Å². The normalized spacial score (nSPS) is 16.4. The Balaban J connectivity index is 1.28. The molecule has 5 rings (SSSR count). The second kappa shape index (κ2) is 13.4. The number of aliphatic hydroxyl groups is 1. The van der Waals surface area contributed by atoms with Crippen LogP contribution in [0.1, 0.15) is 45.0 Å². The van der Waals surface area contributed by atoms with Gasteiger partial charge in [0.05, 0.1) is 33.0 Å². The van der Waals surface area contributed by atoms with Crippen LogP contribution in [0.25, 0.3) is 10.9 Å². The van der Waals surface area contributed by atoms with E-state index in [0.717, 1.165) is 38.9 Å². The number of benzene rings is 3. The van der Waals surface area contributed by atoms with Gasteiger partial charge in [-0.2, -0.15) is 0 Å². The molecular formula is C33H34N2O7. The Morgan fingerprint density at radius 1 is 1.02 bits per heavy atom. The molecule has 1 aromatic heterocycles. The van der Waals surface area contributed by atoms with E-state index in [0.29, 0.717) is 24.9 Å². The maximum Gasteiger partial charge on any atom is 0.337 e. The van der Waals surface area contributed by atoms with Crippen molar-refractivity contribution in [3.05, 3.63) is 113 Å². The number of ether oxygens (including phenoxy) is 4. The summed E-state index contributed by atoms with van der Waals surface area (Å²) in [5.74, 6) is 0.0446. The number of rotatable bonds is 11. The van der Waals surface area contributed by atoms with Gasteiger partial charge >= 0.3 is 5.97 Å². The van der Waals surface area contributed by atoms with Gasteiger partial charge in [-0.25, -0.2) is 4.79 Å². The van der Waals surface area contributed by atoms with Gasteiger partial charge in [0, 0.05) is 36.0 Å². The lowest BCUT2D eigenvalue weighted by Crippen LogP contribution is -2.33. The lowest BCUT2D eigenvalue weighted by Gasteiger charge is -2.29. The van der Waals surface area contributed by atoms with Crippen LogP contribution in [0.15, 0.2) is 84.8 Å². The molecule has 4 aromatic rings. The number of carbonyl (C=O) groups excluding carboxylic acids is 2. The smallest absolute Gasteiger partial charge is 0.337 e. The molecule has 2 heterocycles. The van der Waals surface area contributed by atoms with E-state index < -0.39 is 12.3 Å². The van der Waals surface area contributed by atoms with Crippen LogP contribution in [0.2, 0.25) is 0 Å². The van der Waals surface area contributed by atoms with Crippen molar-refractivity contribution in [3.8, 4) is 5.75 Å². The van der Waals surface area contributed by atoms with E-state index in [2.05, 4.69) is 10.3 Å². The monoisotopic (exact) mass is 570 g/mol. The van der Waals surface area contributed by atoms with Gasteiger partial charge in [-0.15, -0.1) is 0 Å². The lowest BCUT2D eigenvalue weighted by molar-refractivity contribution is -0.150. The molecular weight excluding hydrogens is 536 g/mol. The van der Waals surface area contributed by atoms with Gasteiger partial charge in [-0.3, -0.25) is 4.79 Å². The van der Waals surface area contributed by atoms with Crippen LogP contribution in [-0.4, -0.2) is 49.0 Å². The van der Waals surface area contributed by atoms with Gasteiger partial charge in [0.2, 0.25) is 6.29 Å². The second-order valence-electron chi connectivity index (χ2n) is 10.1. The zero-order valence-electron chi connectivity index (χ0n) is 23.6. The SMILES string of the molecule is COC(=O)c1ccc([C@H]2C=C(C(=O)NCCc3c[nH]c4ccc(OC)cc34)O[C@@H](OCc3ccc(CO)cc3)C2)cc1. The van der Waals surface area contributed by atoms with E-state index in [1.807, 2.05) is 60.8 Å². The Labute approximate surface area is 244 Å². The first-order valence-corrected chi connectivity index (χ1v) is 13.8. The lowest BCUT2D eigenvalue weighted by atomic mass is 9.92. The van der Waals surface area contributed by atoms with Crippen LogP contribution in [0.3, 0.4) is 0 Å². The Morgan fingerprint density at radius 2 is 1.79 bits per heavy atom. The predicted molar refractivity (Wildman–Crippen MR) is 157 cm³/mol. The third-order valence-corrected chi connectivity index (χ3v) is 7.34. The molecule has 0 bridgehead atoms. The van der Waals surface area contributed by atoms with Crippen molar-refractivity contribution in [2.45, 2.75) is 38.3 Å². The number of hydrogen-bond acceptors (Lipinski definition) is 7. The molecule has 0 spiro atoms. The molecule has 0 radical (unpaired) electrons. The number of esters is 1. The molecule has 218 valence electrons. The molecule has 3 N–H and O–H groups in total. The number of nitrogens with one attached hydrogen (secondary N) is 2. The number of amides is 1. The largest absolute Gasteiger partial charge is 0.497 e. The Morgan fingerprint density at radius 3 is 2.50 bits per heavy atom. The molecule has 0 fully saturated rings.